The van der Waals surface area contributed by atoms with Gasteiger partial charge in [0.25, 0.3) is 0 Å². The highest BCUT2D eigenvalue weighted by molar-refractivity contribution is 5.95. The molecular formula is C25H34F4N4O2. The number of rotatable bonds is 4. The Morgan fingerprint density at radius 3 is 2.63 bits per heavy atom. The van der Waals surface area contributed by atoms with Crippen LogP contribution in [0.3, 0.4) is 0 Å². The van der Waals surface area contributed by atoms with Crippen LogP contribution in [-0.4, -0.2) is 74.2 Å². The maximum absolute atomic E-state index is 13.6. The van der Waals surface area contributed by atoms with E-state index in [2.05, 4.69) is 18.8 Å². The highest BCUT2D eigenvalue weighted by atomic mass is 19.4. The van der Waals surface area contributed by atoms with E-state index in [1.165, 1.54) is 24.0 Å². The smallest absolute Gasteiger partial charge is 0.416 e. The van der Waals surface area contributed by atoms with E-state index in [0.717, 1.165) is 12.1 Å². The van der Waals surface area contributed by atoms with Crippen LogP contribution in [0.4, 0.5) is 28.0 Å². The highest BCUT2D eigenvalue weighted by Gasteiger charge is 2.45. The number of anilines is 1. The number of amidine groups is 1. The van der Waals surface area contributed by atoms with E-state index in [1.54, 1.807) is 24.9 Å². The van der Waals surface area contributed by atoms with Crippen molar-refractivity contribution in [1.29, 1.82) is 0 Å². The maximum atomic E-state index is 13.6. The zero-order chi connectivity index (χ0) is 26.1. The van der Waals surface area contributed by atoms with E-state index < -0.39 is 24.0 Å². The average Bonchev–Trinajstić information content (AvgIpc) is 3.05. The molecule has 1 fully saturated rings. The zero-order valence-electron chi connectivity index (χ0n) is 21.1. The molecule has 35 heavy (non-hydrogen) atoms. The number of hydrogen-bond acceptors (Lipinski definition) is 3. The molecule has 2 aliphatic rings. The van der Waals surface area contributed by atoms with Crippen LogP contribution >= 0.6 is 0 Å². The summed E-state index contributed by atoms with van der Waals surface area (Å²) in [5.41, 5.74) is -0.741. The number of carbonyl (C=O) groups excluding carboxylic acids is 1. The van der Waals surface area contributed by atoms with Gasteiger partial charge in [0, 0.05) is 39.1 Å². The summed E-state index contributed by atoms with van der Waals surface area (Å²) < 4.78 is 58.4. The quantitative estimate of drug-likeness (QED) is 0.324. The van der Waals surface area contributed by atoms with Crippen LogP contribution < -0.4 is 9.64 Å². The molecule has 0 N–H and O–H groups in total. The summed E-state index contributed by atoms with van der Waals surface area (Å²) in [6, 6.07) is 2.97. The lowest BCUT2D eigenvalue weighted by molar-refractivity contribution is -0.137. The second kappa shape index (κ2) is 10.1. The number of alkyl halides is 4. The van der Waals surface area contributed by atoms with Gasteiger partial charge in [-0.05, 0) is 50.1 Å². The van der Waals surface area contributed by atoms with Gasteiger partial charge in [-0.1, -0.05) is 13.8 Å². The van der Waals surface area contributed by atoms with E-state index in [9.17, 15) is 22.4 Å². The number of urea groups is 1. The summed E-state index contributed by atoms with van der Waals surface area (Å²) in [5, 5.41) is 0. The Balaban J connectivity index is 1.78. The lowest BCUT2D eigenvalue weighted by Gasteiger charge is -2.37. The number of hydrogen-bond donors (Lipinski definition) is 0. The van der Waals surface area contributed by atoms with Gasteiger partial charge in [-0.25, -0.2) is 9.18 Å². The molecule has 0 aliphatic carbocycles. The van der Waals surface area contributed by atoms with Gasteiger partial charge in [0.2, 0.25) is 0 Å². The Hall–Kier alpha value is -2.78. The first-order valence-electron chi connectivity index (χ1n) is 11.7. The zero-order valence-corrected chi connectivity index (χ0v) is 21.1. The molecule has 194 valence electrons. The minimum absolute atomic E-state index is 0.0549. The molecule has 2 aliphatic heterocycles. The minimum atomic E-state index is -4.50. The second-order valence-corrected chi connectivity index (χ2v) is 9.91. The van der Waals surface area contributed by atoms with Crippen molar-refractivity contribution in [2.24, 2.45) is 16.3 Å². The van der Waals surface area contributed by atoms with E-state index in [0.29, 0.717) is 31.2 Å². The van der Waals surface area contributed by atoms with Crippen LogP contribution in [0, 0.1) is 11.3 Å². The Morgan fingerprint density at radius 2 is 2.03 bits per heavy atom. The number of likely N-dealkylation sites (N-methyl/N-ethyl adjacent to an activating group) is 1. The SMILES string of the molecule is C/N=C(\C=C/C(C)F)N(C)CC1(C)CN(C(=O)N2CC(C)Oc3cc(C(F)(F)F)ccc32)CC1C. The Bertz CT molecular complexity index is 994. The molecule has 1 aromatic carbocycles. The fourth-order valence-corrected chi connectivity index (χ4v) is 4.74. The lowest BCUT2D eigenvalue weighted by atomic mass is 9.80. The summed E-state index contributed by atoms with van der Waals surface area (Å²) in [4.78, 5) is 23.0. The summed E-state index contributed by atoms with van der Waals surface area (Å²) >= 11 is 0. The first kappa shape index (κ1) is 26.8. The molecule has 0 radical (unpaired) electrons. The number of likely N-dealkylation sites (tertiary alicyclic amines) is 1. The lowest BCUT2D eigenvalue weighted by Crippen LogP contribution is -2.49. The number of allylic oxidation sites excluding steroid dienone is 1. The van der Waals surface area contributed by atoms with Gasteiger partial charge in [-0.3, -0.25) is 9.89 Å². The van der Waals surface area contributed by atoms with Crippen LogP contribution in [0.15, 0.2) is 35.3 Å². The molecule has 4 unspecified atom stereocenters. The monoisotopic (exact) mass is 498 g/mol. The van der Waals surface area contributed by atoms with Crippen molar-refractivity contribution < 1.29 is 27.1 Å². The van der Waals surface area contributed by atoms with Crippen LogP contribution in [0.5, 0.6) is 5.75 Å². The van der Waals surface area contributed by atoms with Crippen molar-refractivity contribution >= 4 is 17.6 Å². The predicted molar refractivity (Wildman–Crippen MR) is 129 cm³/mol. The molecule has 0 spiro atoms. The Morgan fingerprint density at radius 1 is 1.34 bits per heavy atom. The molecule has 1 saturated heterocycles. The fourth-order valence-electron chi connectivity index (χ4n) is 4.74. The first-order valence-corrected chi connectivity index (χ1v) is 11.7. The molecule has 0 aromatic heterocycles. The van der Waals surface area contributed by atoms with E-state index >= 15 is 0 Å². The van der Waals surface area contributed by atoms with E-state index in [-0.39, 0.29) is 29.7 Å². The van der Waals surface area contributed by atoms with Gasteiger partial charge in [-0.15, -0.1) is 0 Å². The van der Waals surface area contributed by atoms with Crippen LogP contribution in [0.2, 0.25) is 0 Å². The van der Waals surface area contributed by atoms with Gasteiger partial charge in [-0.2, -0.15) is 13.2 Å². The van der Waals surface area contributed by atoms with Gasteiger partial charge in [0.15, 0.2) is 0 Å². The first-order chi connectivity index (χ1) is 16.2. The molecular weight excluding hydrogens is 464 g/mol. The number of benzene rings is 1. The predicted octanol–water partition coefficient (Wildman–Crippen LogP) is 5.25. The third-order valence-electron chi connectivity index (χ3n) is 6.81. The van der Waals surface area contributed by atoms with E-state index in [4.69, 9.17) is 4.74 Å². The number of amides is 2. The number of nitrogens with zero attached hydrogens (tertiary/aromatic N) is 4. The number of aliphatic imine (C=N–C) groups is 1. The molecule has 2 amide bonds. The average molecular weight is 499 g/mol. The normalized spacial score (nSPS) is 26.1. The van der Waals surface area contributed by atoms with E-state index in [1.807, 2.05) is 11.9 Å². The molecule has 10 heteroatoms. The van der Waals surface area contributed by atoms with Crippen molar-refractivity contribution in [3.63, 3.8) is 0 Å². The van der Waals surface area contributed by atoms with Crippen LogP contribution in [-0.2, 0) is 6.18 Å². The fraction of sp³-hybridized carbons (Fsp3) is 0.600. The standard InChI is InChI=1S/C25H34F4N4O2/c1-16-12-32(15-24(16,4)14-31(6)22(30-5)10-7-17(2)26)23(34)33-13-18(3)35-21-11-19(25(27,28)29)8-9-20(21)33/h7-11,16-18H,12-15H2,1-6H3/b10-7-,30-22+. The summed E-state index contributed by atoms with van der Waals surface area (Å²) in [7, 11) is 3.53. The second-order valence-electron chi connectivity index (χ2n) is 9.91. The third kappa shape index (κ3) is 5.90. The molecule has 0 bridgehead atoms. The number of fused-ring (bicyclic) bond motifs is 1. The van der Waals surface area contributed by atoms with Crippen molar-refractivity contribution in [2.75, 3.05) is 45.2 Å². The van der Waals surface area contributed by atoms with Gasteiger partial charge >= 0.3 is 12.2 Å². The van der Waals surface area contributed by atoms with Crippen molar-refractivity contribution in [3.8, 4) is 5.75 Å². The van der Waals surface area contributed by atoms with Gasteiger partial charge in [0.05, 0.1) is 17.8 Å². The molecule has 2 heterocycles. The largest absolute Gasteiger partial charge is 0.487 e. The summed E-state index contributed by atoms with van der Waals surface area (Å²) in [6.45, 7) is 9.18. The molecule has 3 rings (SSSR count). The van der Waals surface area contributed by atoms with Gasteiger partial charge in [0.1, 0.15) is 23.9 Å². The Kier molecular flexibility index (Phi) is 7.71. The van der Waals surface area contributed by atoms with Crippen LogP contribution in [0.25, 0.3) is 0 Å². The molecule has 4 atom stereocenters. The van der Waals surface area contributed by atoms with Gasteiger partial charge < -0.3 is 14.5 Å². The number of ether oxygens (including phenoxy) is 1. The molecule has 6 nitrogen and oxygen atoms in total. The number of carbonyl (C=O) groups is 1. The summed E-state index contributed by atoms with van der Waals surface area (Å²) in [6.07, 6.45) is -2.93. The Labute approximate surface area is 204 Å². The maximum Gasteiger partial charge on any atom is 0.416 e. The van der Waals surface area contributed by atoms with Crippen molar-refractivity contribution in [2.45, 2.75) is 46.1 Å². The van der Waals surface area contributed by atoms with Crippen LogP contribution in [0.1, 0.15) is 33.3 Å². The summed E-state index contributed by atoms with van der Waals surface area (Å²) in [5.74, 6) is 0.852. The topological polar surface area (TPSA) is 48.4 Å². The highest BCUT2D eigenvalue weighted by Crippen LogP contribution is 2.41. The minimum Gasteiger partial charge on any atom is -0.487 e. The third-order valence-corrected chi connectivity index (χ3v) is 6.81. The van der Waals surface area contributed by atoms with Crippen molar-refractivity contribution in [1.82, 2.24) is 9.80 Å². The molecule has 0 saturated carbocycles. The van der Waals surface area contributed by atoms with Crippen molar-refractivity contribution in [3.05, 3.63) is 35.9 Å². The molecule has 1 aromatic rings. The number of halogens is 4.